The number of amides is 1. The van der Waals surface area contributed by atoms with E-state index in [-0.39, 0.29) is 11.9 Å². The van der Waals surface area contributed by atoms with Crippen LogP contribution in [-0.2, 0) is 13.0 Å². The number of rotatable bonds is 1. The van der Waals surface area contributed by atoms with Crippen LogP contribution < -0.4 is 10.6 Å². The highest BCUT2D eigenvalue weighted by molar-refractivity contribution is 6.23. The molecule has 0 saturated carbocycles. The third kappa shape index (κ3) is 1.82. The Labute approximate surface area is 133 Å². The van der Waals surface area contributed by atoms with Crippen molar-refractivity contribution in [2.75, 3.05) is 5.32 Å². The largest absolute Gasteiger partial charge is 0.321 e. The fourth-order valence-electron chi connectivity index (χ4n) is 3.73. The predicted octanol–water partition coefficient (Wildman–Crippen LogP) is 3.19. The van der Waals surface area contributed by atoms with Gasteiger partial charge in [-0.3, -0.25) is 9.78 Å². The summed E-state index contributed by atoms with van der Waals surface area (Å²) in [6.07, 6.45) is 2.71. The molecule has 0 bridgehead atoms. The number of hydrogen-bond donors (Lipinski definition) is 2. The summed E-state index contributed by atoms with van der Waals surface area (Å²) in [4.78, 5) is 16.6. The molecule has 1 aromatic heterocycles. The molecule has 112 valence electrons. The number of benzene rings is 2. The molecule has 4 nitrogen and oxygen atoms in total. The molecular weight excluding hydrogens is 286 g/mol. The zero-order chi connectivity index (χ0) is 15.4. The summed E-state index contributed by atoms with van der Waals surface area (Å²) >= 11 is 0. The minimum Gasteiger partial charge on any atom is -0.321 e. The molecule has 0 fully saturated rings. The zero-order valence-electron chi connectivity index (χ0n) is 12.5. The second-order valence-corrected chi connectivity index (χ2v) is 6.14. The summed E-state index contributed by atoms with van der Waals surface area (Å²) in [5.41, 5.74) is 6.43. The van der Waals surface area contributed by atoms with Crippen molar-refractivity contribution in [2.45, 2.75) is 19.0 Å². The fraction of sp³-hybridized carbons (Fsp3) is 0.158. The van der Waals surface area contributed by atoms with Crippen LogP contribution in [0, 0.1) is 0 Å². The van der Waals surface area contributed by atoms with Crippen LogP contribution in [0.2, 0.25) is 0 Å². The van der Waals surface area contributed by atoms with Gasteiger partial charge in [0.15, 0.2) is 0 Å². The summed E-state index contributed by atoms with van der Waals surface area (Å²) in [6, 6.07) is 14.6. The van der Waals surface area contributed by atoms with Crippen LogP contribution in [0.25, 0.3) is 10.9 Å². The maximum Gasteiger partial charge on any atom is 0.256 e. The Hall–Kier alpha value is -2.72. The van der Waals surface area contributed by atoms with Crippen molar-refractivity contribution in [3.05, 3.63) is 70.9 Å². The van der Waals surface area contributed by atoms with E-state index in [1.165, 1.54) is 11.1 Å². The summed E-state index contributed by atoms with van der Waals surface area (Å²) in [7, 11) is 0. The molecule has 2 aliphatic heterocycles. The number of pyridine rings is 1. The smallest absolute Gasteiger partial charge is 0.256 e. The maximum absolute atomic E-state index is 12.0. The molecule has 4 heteroatoms. The Balaban J connectivity index is 1.66. The highest BCUT2D eigenvalue weighted by Crippen LogP contribution is 2.37. The number of carbonyl (C=O) groups is 1. The number of carbonyl (C=O) groups excluding carboxylic acids is 1. The van der Waals surface area contributed by atoms with E-state index in [0.29, 0.717) is 0 Å². The molecule has 0 unspecified atom stereocenters. The van der Waals surface area contributed by atoms with Crippen molar-refractivity contribution in [3.63, 3.8) is 0 Å². The summed E-state index contributed by atoms with van der Waals surface area (Å²) in [5.74, 6) is -0.0356. The Morgan fingerprint density at radius 1 is 1.04 bits per heavy atom. The van der Waals surface area contributed by atoms with Crippen LogP contribution in [0.3, 0.4) is 0 Å². The fourth-order valence-corrected chi connectivity index (χ4v) is 3.73. The van der Waals surface area contributed by atoms with Crippen LogP contribution in [0.15, 0.2) is 48.7 Å². The zero-order valence-corrected chi connectivity index (χ0v) is 12.5. The summed E-state index contributed by atoms with van der Waals surface area (Å²) in [6.45, 7) is 0.862. The highest BCUT2D eigenvalue weighted by Gasteiger charge is 2.27. The number of hydrogen-bond acceptors (Lipinski definition) is 3. The number of fused-ring (bicyclic) bond motifs is 1. The van der Waals surface area contributed by atoms with Gasteiger partial charge in [-0.25, -0.2) is 0 Å². The standard InChI is InChI=1S/C19H15N3O/c23-19-14-6-5-13(18-17(14)15(22-19)7-8-20-18)16-9-11-3-1-2-4-12(11)10-21-16/h1-8,16,21H,9-10H2,(H,22,23)/t16-/m0/s1. The molecule has 0 saturated heterocycles. The molecule has 2 N–H and O–H groups in total. The lowest BCUT2D eigenvalue weighted by Gasteiger charge is -2.27. The van der Waals surface area contributed by atoms with Gasteiger partial charge >= 0.3 is 0 Å². The molecule has 1 amide bonds. The Morgan fingerprint density at radius 2 is 1.91 bits per heavy atom. The minimum atomic E-state index is -0.0356. The van der Waals surface area contributed by atoms with Crippen molar-refractivity contribution in [3.8, 4) is 0 Å². The quantitative estimate of drug-likeness (QED) is 0.726. The number of nitrogens with one attached hydrogen (secondary N) is 2. The Bertz CT molecular complexity index is 964. The highest BCUT2D eigenvalue weighted by atomic mass is 16.1. The minimum absolute atomic E-state index is 0.0356. The van der Waals surface area contributed by atoms with E-state index in [0.717, 1.165) is 40.7 Å². The van der Waals surface area contributed by atoms with Crippen molar-refractivity contribution in [1.82, 2.24) is 10.3 Å². The van der Waals surface area contributed by atoms with Crippen molar-refractivity contribution in [2.24, 2.45) is 0 Å². The van der Waals surface area contributed by atoms with Crippen molar-refractivity contribution < 1.29 is 4.79 Å². The number of aromatic nitrogens is 1. The van der Waals surface area contributed by atoms with Gasteiger partial charge in [0.25, 0.3) is 5.91 Å². The monoisotopic (exact) mass is 301 g/mol. The van der Waals surface area contributed by atoms with E-state index in [9.17, 15) is 4.79 Å². The molecule has 0 spiro atoms. The van der Waals surface area contributed by atoms with E-state index in [4.69, 9.17) is 0 Å². The normalized spacial score (nSPS) is 18.8. The first kappa shape index (κ1) is 12.8. The van der Waals surface area contributed by atoms with Gasteiger partial charge in [0.2, 0.25) is 0 Å². The average Bonchev–Trinajstić information content (AvgIpc) is 2.92. The molecule has 3 aromatic rings. The third-order valence-electron chi connectivity index (χ3n) is 4.87. The van der Waals surface area contributed by atoms with Gasteiger partial charge in [-0.1, -0.05) is 30.3 Å². The first-order valence-corrected chi connectivity index (χ1v) is 7.84. The molecule has 2 aromatic carbocycles. The van der Waals surface area contributed by atoms with Crippen LogP contribution in [0.5, 0.6) is 0 Å². The molecule has 1 atom stereocenters. The first-order valence-electron chi connectivity index (χ1n) is 7.84. The molecule has 3 heterocycles. The van der Waals surface area contributed by atoms with E-state index < -0.39 is 0 Å². The second kappa shape index (κ2) is 4.64. The van der Waals surface area contributed by atoms with Crippen molar-refractivity contribution >= 4 is 22.5 Å². The number of anilines is 1. The van der Waals surface area contributed by atoms with Gasteiger partial charge < -0.3 is 10.6 Å². The van der Waals surface area contributed by atoms with E-state index in [1.54, 1.807) is 6.20 Å². The van der Waals surface area contributed by atoms with Gasteiger partial charge in [-0.05, 0) is 35.2 Å². The van der Waals surface area contributed by atoms with Crippen LogP contribution >= 0.6 is 0 Å². The van der Waals surface area contributed by atoms with E-state index in [2.05, 4.69) is 39.9 Å². The van der Waals surface area contributed by atoms with Crippen LogP contribution in [-0.4, -0.2) is 10.9 Å². The van der Waals surface area contributed by atoms with Crippen LogP contribution in [0.1, 0.15) is 33.1 Å². The SMILES string of the molecule is O=C1Nc2ccnc3c([C@@H]4Cc5ccccc5CN4)ccc1c23. The first-order chi connectivity index (χ1) is 11.3. The topological polar surface area (TPSA) is 54.0 Å². The Morgan fingerprint density at radius 3 is 2.83 bits per heavy atom. The third-order valence-corrected chi connectivity index (χ3v) is 4.87. The van der Waals surface area contributed by atoms with E-state index >= 15 is 0 Å². The Kier molecular flexibility index (Phi) is 2.58. The molecule has 2 aliphatic rings. The number of nitrogens with zero attached hydrogens (tertiary/aromatic N) is 1. The lowest BCUT2D eigenvalue weighted by molar-refractivity contribution is 0.103. The van der Waals surface area contributed by atoms with Gasteiger partial charge in [0.1, 0.15) is 0 Å². The summed E-state index contributed by atoms with van der Waals surface area (Å²) in [5, 5.41) is 7.48. The maximum atomic E-state index is 12.0. The molecule has 23 heavy (non-hydrogen) atoms. The lowest BCUT2D eigenvalue weighted by Crippen LogP contribution is -2.28. The average molecular weight is 301 g/mol. The van der Waals surface area contributed by atoms with Gasteiger partial charge in [-0.15, -0.1) is 0 Å². The van der Waals surface area contributed by atoms with E-state index in [1.807, 2.05) is 18.2 Å². The molecule has 0 radical (unpaired) electrons. The summed E-state index contributed by atoms with van der Waals surface area (Å²) < 4.78 is 0. The predicted molar refractivity (Wildman–Crippen MR) is 89.4 cm³/mol. The van der Waals surface area contributed by atoms with Crippen molar-refractivity contribution in [1.29, 1.82) is 0 Å². The van der Waals surface area contributed by atoms with Gasteiger partial charge in [0.05, 0.1) is 16.8 Å². The van der Waals surface area contributed by atoms with Gasteiger partial charge in [-0.2, -0.15) is 0 Å². The molecular formula is C19H15N3O. The molecule has 5 rings (SSSR count). The van der Waals surface area contributed by atoms with Gasteiger partial charge in [0, 0.05) is 24.2 Å². The second-order valence-electron chi connectivity index (χ2n) is 6.14. The lowest BCUT2D eigenvalue weighted by atomic mass is 9.90. The van der Waals surface area contributed by atoms with Crippen LogP contribution in [0.4, 0.5) is 5.69 Å². The molecule has 0 aliphatic carbocycles.